The minimum absolute atomic E-state index is 0.145. The van der Waals surface area contributed by atoms with Crippen LogP contribution in [0.25, 0.3) is 0 Å². The van der Waals surface area contributed by atoms with E-state index in [1.54, 1.807) is 12.1 Å². The maximum Gasteiger partial charge on any atom is 0.313 e. The molecular formula is C19H23ClN2O2. The van der Waals surface area contributed by atoms with Gasteiger partial charge in [-0.05, 0) is 80.9 Å². The number of rotatable bonds is 2. The smallest absolute Gasteiger partial charge is 0.313 e. The third-order valence-corrected chi connectivity index (χ3v) is 6.46. The largest absolute Gasteiger partial charge is 0.342 e. The van der Waals surface area contributed by atoms with Gasteiger partial charge in [-0.15, -0.1) is 0 Å². The van der Waals surface area contributed by atoms with Crippen LogP contribution in [0.1, 0.15) is 44.1 Å². The summed E-state index contributed by atoms with van der Waals surface area (Å²) >= 11 is 6.07. The van der Waals surface area contributed by atoms with Crippen molar-refractivity contribution in [1.29, 1.82) is 0 Å². The Balaban J connectivity index is 1.42. The Morgan fingerprint density at radius 2 is 1.62 bits per heavy atom. The molecule has 0 atom stereocenters. The van der Waals surface area contributed by atoms with Crippen molar-refractivity contribution < 1.29 is 9.59 Å². The molecule has 128 valence electrons. The van der Waals surface area contributed by atoms with Gasteiger partial charge in [0.2, 0.25) is 0 Å². The van der Waals surface area contributed by atoms with Gasteiger partial charge in [-0.2, -0.15) is 0 Å². The Morgan fingerprint density at radius 1 is 1.04 bits per heavy atom. The third kappa shape index (κ3) is 2.92. The van der Waals surface area contributed by atoms with Gasteiger partial charge in [0, 0.05) is 16.2 Å². The highest BCUT2D eigenvalue weighted by atomic mass is 35.5. The third-order valence-electron chi connectivity index (χ3n) is 6.05. The van der Waals surface area contributed by atoms with Crippen molar-refractivity contribution in [1.82, 2.24) is 5.32 Å². The van der Waals surface area contributed by atoms with E-state index in [1.165, 1.54) is 19.3 Å². The predicted octanol–water partition coefficient (Wildman–Crippen LogP) is 3.67. The van der Waals surface area contributed by atoms with Gasteiger partial charge in [0.25, 0.3) is 0 Å². The van der Waals surface area contributed by atoms with Crippen LogP contribution in [0.3, 0.4) is 0 Å². The van der Waals surface area contributed by atoms with Crippen molar-refractivity contribution >= 4 is 29.1 Å². The zero-order chi connectivity index (χ0) is 16.9. The Kier molecular flexibility index (Phi) is 3.83. The fourth-order valence-electron chi connectivity index (χ4n) is 5.42. The zero-order valence-corrected chi connectivity index (χ0v) is 14.7. The molecule has 5 rings (SSSR count). The molecule has 4 aliphatic rings. The van der Waals surface area contributed by atoms with Gasteiger partial charge in [-0.3, -0.25) is 9.59 Å². The van der Waals surface area contributed by atoms with E-state index in [0.717, 1.165) is 42.6 Å². The summed E-state index contributed by atoms with van der Waals surface area (Å²) in [5, 5.41) is 6.32. The number of carbonyl (C=O) groups is 2. The maximum atomic E-state index is 12.4. The van der Waals surface area contributed by atoms with Gasteiger partial charge in [0.15, 0.2) is 0 Å². The van der Waals surface area contributed by atoms with Crippen LogP contribution >= 0.6 is 11.6 Å². The monoisotopic (exact) mass is 346 g/mol. The molecule has 2 amide bonds. The normalized spacial score (nSPS) is 33.3. The second-order valence-electron chi connectivity index (χ2n) is 8.07. The van der Waals surface area contributed by atoms with Gasteiger partial charge in [-0.1, -0.05) is 17.7 Å². The molecule has 0 aliphatic heterocycles. The standard InChI is InChI=1S/C19H23ClN2O2/c1-11-2-3-15(7-16(11)20)21-17(23)18(24)22-19-8-12-4-13(9-19)6-14(5-12)10-19/h2-3,7,12-14H,4-6,8-10H2,1H3,(H,21,23)(H,22,24). The molecule has 4 bridgehead atoms. The Bertz CT molecular complexity index is 665. The lowest BCUT2D eigenvalue weighted by Gasteiger charge is -2.56. The number of nitrogens with one attached hydrogen (secondary N) is 2. The van der Waals surface area contributed by atoms with Gasteiger partial charge in [0.1, 0.15) is 0 Å². The van der Waals surface area contributed by atoms with Gasteiger partial charge in [0.05, 0.1) is 0 Å². The fourth-order valence-corrected chi connectivity index (χ4v) is 5.60. The number of amides is 2. The molecule has 5 heteroatoms. The number of halogens is 1. The molecule has 4 aliphatic carbocycles. The Hall–Kier alpha value is -1.55. The van der Waals surface area contributed by atoms with E-state index in [2.05, 4.69) is 10.6 Å². The van der Waals surface area contributed by atoms with Crippen LogP contribution in [-0.2, 0) is 9.59 Å². The second kappa shape index (κ2) is 5.76. The lowest BCUT2D eigenvalue weighted by atomic mass is 9.53. The number of aryl methyl sites for hydroxylation is 1. The molecule has 1 aromatic rings. The van der Waals surface area contributed by atoms with Crippen molar-refractivity contribution in [2.24, 2.45) is 17.8 Å². The van der Waals surface area contributed by atoms with E-state index in [9.17, 15) is 9.59 Å². The van der Waals surface area contributed by atoms with E-state index < -0.39 is 11.8 Å². The highest BCUT2D eigenvalue weighted by molar-refractivity contribution is 6.40. The van der Waals surface area contributed by atoms with Crippen LogP contribution in [0.15, 0.2) is 18.2 Å². The first-order chi connectivity index (χ1) is 11.4. The lowest BCUT2D eigenvalue weighted by molar-refractivity contribution is -0.139. The average molecular weight is 347 g/mol. The van der Waals surface area contributed by atoms with E-state index in [-0.39, 0.29) is 5.54 Å². The first kappa shape index (κ1) is 15.9. The minimum atomic E-state index is -0.606. The molecule has 0 unspecified atom stereocenters. The van der Waals surface area contributed by atoms with Crippen molar-refractivity contribution in [3.63, 3.8) is 0 Å². The van der Waals surface area contributed by atoms with E-state index in [0.29, 0.717) is 10.7 Å². The molecular weight excluding hydrogens is 324 g/mol. The first-order valence-corrected chi connectivity index (χ1v) is 9.20. The first-order valence-electron chi connectivity index (χ1n) is 8.82. The molecule has 0 heterocycles. The van der Waals surface area contributed by atoms with E-state index in [1.807, 2.05) is 13.0 Å². The summed E-state index contributed by atoms with van der Waals surface area (Å²) in [6, 6.07) is 5.26. The summed E-state index contributed by atoms with van der Waals surface area (Å²) in [6.07, 6.45) is 7.03. The molecule has 1 aromatic carbocycles. The molecule has 0 radical (unpaired) electrons. The van der Waals surface area contributed by atoms with Gasteiger partial charge < -0.3 is 10.6 Å². The summed E-state index contributed by atoms with van der Waals surface area (Å²) in [5.41, 5.74) is 1.35. The predicted molar refractivity (Wildman–Crippen MR) is 93.9 cm³/mol. The summed E-state index contributed by atoms with van der Waals surface area (Å²) in [7, 11) is 0. The van der Waals surface area contributed by atoms with Gasteiger partial charge >= 0.3 is 11.8 Å². The number of benzene rings is 1. The summed E-state index contributed by atoms with van der Waals surface area (Å²) in [6.45, 7) is 1.90. The molecule has 0 saturated heterocycles. The zero-order valence-electron chi connectivity index (χ0n) is 13.9. The number of anilines is 1. The molecule has 0 aromatic heterocycles. The SMILES string of the molecule is Cc1ccc(NC(=O)C(=O)NC23CC4CC(CC(C4)C2)C3)cc1Cl. The highest BCUT2D eigenvalue weighted by Crippen LogP contribution is 2.55. The van der Waals surface area contributed by atoms with E-state index >= 15 is 0 Å². The quantitative estimate of drug-likeness (QED) is 0.803. The fraction of sp³-hybridized carbons (Fsp3) is 0.579. The molecule has 4 fully saturated rings. The average Bonchev–Trinajstić information content (AvgIpc) is 2.49. The molecule has 0 spiro atoms. The van der Waals surface area contributed by atoms with Crippen LogP contribution in [-0.4, -0.2) is 17.4 Å². The van der Waals surface area contributed by atoms with Crippen LogP contribution in [0.5, 0.6) is 0 Å². The van der Waals surface area contributed by atoms with Crippen molar-refractivity contribution in [3.05, 3.63) is 28.8 Å². The summed E-state index contributed by atoms with van der Waals surface area (Å²) < 4.78 is 0. The highest BCUT2D eigenvalue weighted by Gasteiger charge is 2.51. The number of hydrogen-bond acceptors (Lipinski definition) is 2. The number of hydrogen-bond donors (Lipinski definition) is 2. The maximum absolute atomic E-state index is 12.4. The second-order valence-corrected chi connectivity index (χ2v) is 8.48. The van der Waals surface area contributed by atoms with Gasteiger partial charge in [-0.25, -0.2) is 0 Å². The number of carbonyl (C=O) groups excluding carboxylic acids is 2. The van der Waals surface area contributed by atoms with Crippen molar-refractivity contribution in [3.8, 4) is 0 Å². The van der Waals surface area contributed by atoms with Crippen molar-refractivity contribution in [2.45, 2.75) is 51.0 Å². The summed E-state index contributed by atoms with van der Waals surface area (Å²) in [5.74, 6) is 1.07. The van der Waals surface area contributed by atoms with Crippen LogP contribution in [0.4, 0.5) is 5.69 Å². The van der Waals surface area contributed by atoms with Crippen LogP contribution < -0.4 is 10.6 Å². The molecule has 4 nitrogen and oxygen atoms in total. The molecule has 24 heavy (non-hydrogen) atoms. The molecule has 2 N–H and O–H groups in total. The molecule has 4 saturated carbocycles. The lowest BCUT2D eigenvalue weighted by Crippen LogP contribution is -2.61. The topological polar surface area (TPSA) is 58.2 Å². The Morgan fingerprint density at radius 3 is 2.17 bits per heavy atom. The van der Waals surface area contributed by atoms with Crippen molar-refractivity contribution in [2.75, 3.05) is 5.32 Å². The van der Waals surface area contributed by atoms with E-state index in [4.69, 9.17) is 11.6 Å². The minimum Gasteiger partial charge on any atom is -0.342 e. The Labute approximate surface area is 147 Å². The summed E-state index contributed by atoms with van der Waals surface area (Å²) in [4.78, 5) is 24.7. The van der Waals surface area contributed by atoms with Crippen LogP contribution in [0, 0.1) is 24.7 Å². The van der Waals surface area contributed by atoms with Crippen LogP contribution in [0.2, 0.25) is 5.02 Å².